The van der Waals surface area contributed by atoms with Crippen molar-refractivity contribution in [3.63, 3.8) is 0 Å². The molecule has 7 nitrogen and oxygen atoms in total. The lowest BCUT2D eigenvalue weighted by atomic mass is 10.2. The average Bonchev–Trinajstić information content (AvgIpc) is 3.38. The summed E-state index contributed by atoms with van der Waals surface area (Å²) in [6, 6.07) is 13.0. The van der Waals surface area contributed by atoms with Crippen molar-refractivity contribution < 1.29 is 19.6 Å². The monoisotopic (exact) mass is 386 g/mol. The van der Waals surface area contributed by atoms with Crippen molar-refractivity contribution in [3.05, 3.63) is 48.7 Å². The minimum Gasteiger partial charge on any atom is -0.549 e. The van der Waals surface area contributed by atoms with Crippen LogP contribution in [0.15, 0.2) is 58.3 Å². The number of nitrogens with two attached hydrogens (primary N) is 1. The number of carboxylic acids is 1. The molecule has 4 rings (SSSR count). The number of carboxylic acid groups (broad SMARTS) is 1. The first kappa shape index (κ1) is 19.2. The Hall–Kier alpha value is -2.58. The normalized spacial score (nSPS) is 13.6. The minimum absolute atomic E-state index is 0.191. The van der Waals surface area contributed by atoms with Crippen LogP contribution in [0.3, 0.4) is 0 Å². The van der Waals surface area contributed by atoms with Crippen molar-refractivity contribution in [1.29, 1.82) is 0 Å². The molecule has 0 saturated carbocycles. The number of hydrogen-bond donors (Lipinski definition) is 1. The van der Waals surface area contributed by atoms with Gasteiger partial charge in [0.1, 0.15) is 0 Å². The van der Waals surface area contributed by atoms with Gasteiger partial charge in [0.05, 0.1) is 25.3 Å². The second-order valence-corrected chi connectivity index (χ2v) is 6.98. The molecule has 0 bridgehead atoms. The van der Waals surface area contributed by atoms with Gasteiger partial charge in [0.2, 0.25) is 5.82 Å². The molecule has 0 aliphatic carbocycles. The molecule has 0 amide bonds. The highest BCUT2D eigenvalue weighted by Gasteiger charge is 2.17. The van der Waals surface area contributed by atoms with Crippen LogP contribution < -0.4 is 10.4 Å². The van der Waals surface area contributed by atoms with E-state index in [9.17, 15) is 9.90 Å². The summed E-state index contributed by atoms with van der Waals surface area (Å²) in [4.78, 5) is 10.6. The Bertz CT molecular complexity index is 819. The van der Waals surface area contributed by atoms with Crippen LogP contribution in [0, 0.1) is 0 Å². The van der Waals surface area contributed by atoms with Crippen LogP contribution in [-0.2, 0) is 4.79 Å². The van der Waals surface area contributed by atoms with Crippen LogP contribution >= 0.6 is 11.8 Å². The summed E-state index contributed by atoms with van der Waals surface area (Å²) in [5.41, 5.74) is 0.828. The van der Waals surface area contributed by atoms with E-state index in [1.165, 1.54) is 32.4 Å². The Kier molecular flexibility index (Phi) is 7.06. The van der Waals surface area contributed by atoms with Gasteiger partial charge >= 0.3 is 0 Å². The van der Waals surface area contributed by atoms with Crippen LogP contribution in [0.2, 0.25) is 0 Å². The Labute approximate surface area is 161 Å². The number of benzene rings is 1. The maximum absolute atomic E-state index is 10.6. The number of para-hydroxylation sites is 1. The molecule has 0 atom stereocenters. The molecule has 1 fully saturated rings. The zero-order valence-corrected chi connectivity index (χ0v) is 15.7. The molecule has 1 aromatic carbocycles. The minimum atomic E-state index is -1.15. The van der Waals surface area contributed by atoms with Gasteiger partial charge in [0, 0.05) is 11.4 Å². The Morgan fingerprint density at radius 3 is 2.44 bits per heavy atom. The lowest BCUT2D eigenvalue weighted by molar-refractivity contribution is -0.662. The van der Waals surface area contributed by atoms with E-state index in [0.717, 1.165) is 17.4 Å². The van der Waals surface area contributed by atoms with Gasteiger partial charge in [-0.25, -0.2) is 0 Å². The van der Waals surface area contributed by atoms with E-state index in [1.807, 2.05) is 30.3 Å². The van der Waals surface area contributed by atoms with E-state index < -0.39 is 5.97 Å². The first-order valence-corrected chi connectivity index (χ1v) is 9.93. The molecule has 0 radical (unpaired) electrons. The van der Waals surface area contributed by atoms with Crippen molar-refractivity contribution in [2.45, 2.75) is 24.4 Å². The first-order chi connectivity index (χ1) is 13.3. The molecule has 3 aromatic rings. The Morgan fingerprint density at radius 2 is 1.89 bits per heavy atom. The lowest BCUT2D eigenvalue weighted by Gasteiger charge is -2.09. The number of furan rings is 1. The highest BCUT2D eigenvalue weighted by atomic mass is 32.2. The highest BCUT2D eigenvalue weighted by molar-refractivity contribution is 7.99. The molecule has 1 aliphatic rings. The first-order valence-electron chi connectivity index (χ1n) is 8.94. The van der Waals surface area contributed by atoms with Gasteiger partial charge in [-0.15, -0.1) is 10.2 Å². The van der Waals surface area contributed by atoms with Crippen molar-refractivity contribution in [1.82, 2.24) is 14.8 Å². The summed E-state index contributed by atoms with van der Waals surface area (Å²) < 4.78 is 7.12. The van der Waals surface area contributed by atoms with Crippen LogP contribution in [0.1, 0.15) is 19.3 Å². The summed E-state index contributed by atoms with van der Waals surface area (Å²) in [5.74, 6) is -0.260. The fraction of sp³-hybridized carbons (Fsp3) is 0.316. The van der Waals surface area contributed by atoms with Crippen molar-refractivity contribution in [3.8, 4) is 17.3 Å². The number of hydrogen-bond acceptors (Lipinski definition) is 6. The van der Waals surface area contributed by atoms with Crippen molar-refractivity contribution in [2.24, 2.45) is 0 Å². The third kappa shape index (κ3) is 5.45. The predicted octanol–water partition coefficient (Wildman–Crippen LogP) is 1.10. The van der Waals surface area contributed by atoms with E-state index in [1.54, 1.807) is 23.0 Å². The number of nitrogens with zero attached hydrogens (tertiary/aromatic N) is 3. The van der Waals surface area contributed by atoms with E-state index in [2.05, 4.69) is 15.5 Å². The zero-order valence-electron chi connectivity index (χ0n) is 14.9. The van der Waals surface area contributed by atoms with Gasteiger partial charge in [-0.3, -0.25) is 4.57 Å². The molecule has 142 valence electrons. The molecule has 0 unspecified atom stereocenters. The third-order valence-electron chi connectivity index (χ3n) is 4.02. The zero-order chi connectivity index (χ0) is 18.9. The van der Waals surface area contributed by atoms with Crippen molar-refractivity contribution >= 4 is 17.7 Å². The van der Waals surface area contributed by atoms with E-state index in [0.29, 0.717) is 16.7 Å². The molecule has 2 N–H and O–H groups in total. The number of rotatable bonds is 5. The molecule has 0 spiro atoms. The van der Waals surface area contributed by atoms with Gasteiger partial charge < -0.3 is 19.6 Å². The molecule has 27 heavy (non-hydrogen) atoms. The summed E-state index contributed by atoms with van der Waals surface area (Å²) in [7, 11) is 0. The number of aliphatic carboxylic acids is 1. The third-order valence-corrected chi connectivity index (χ3v) is 4.93. The topological polar surface area (TPSA) is 101 Å². The molecule has 2 aromatic heterocycles. The van der Waals surface area contributed by atoms with Crippen LogP contribution in [-0.4, -0.2) is 39.6 Å². The van der Waals surface area contributed by atoms with Crippen LogP contribution in [0.4, 0.5) is 0 Å². The van der Waals surface area contributed by atoms with Gasteiger partial charge in [0.15, 0.2) is 10.9 Å². The molecular weight excluding hydrogens is 364 g/mol. The van der Waals surface area contributed by atoms with Crippen molar-refractivity contribution in [2.75, 3.05) is 18.8 Å². The summed E-state index contributed by atoms with van der Waals surface area (Å²) in [6.45, 7) is 2.75. The summed E-state index contributed by atoms with van der Waals surface area (Å²) in [6.07, 6.45) is 5.91. The largest absolute Gasteiger partial charge is 0.549 e. The van der Waals surface area contributed by atoms with Crippen LogP contribution in [0.25, 0.3) is 17.3 Å². The number of quaternary nitrogens is 1. The van der Waals surface area contributed by atoms with E-state index >= 15 is 0 Å². The quantitative estimate of drug-likeness (QED) is 0.659. The predicted molar refractivity (Wildman–Crippen MR) is 100 cm³/mol. The number of carbonyl (C=O) groups is 1. The number of piperidine rings is 1. The highest BCUT2D eigenvalue weighted by Crippen LogP contribution is 2.27. The molecule has 8 heteroatoms. The lowest BCUT2D eigenvalue weighted by Crippen LogP contribution is -2.85. The molecule has 1 saturated heterocycles. The SMILES string of the molecule is C1CC[NH2+]CC1.O=C([O-])CSc1nnc(-c2ccco2)n1-c1ccccc1. The Balaban J connectivity index is 0.000000299. The standard InChI is InChI=1S/C14H11N3O3S.C5H11N/c18-12(19)9-21-14-16-15-13(11-7-4-8-20-11)17(14)10-5-2-1-3-6-10;1-2-4-6-5-3-1/h1-8H,9H2,(H,18,19);6H,1-5H2. The van der Waals surface area contributed by atoms with E-state index in [4.69, 9.17) is 4.42 Å². The number of thioether (sulfide) groups is 1. The number of carbonyl (C=O) groups excluding carboxylic acids is 1. The fourth-order valence-corrected chi connectivity index (χ4v) is 3.43. The fourth-order valence-electron chi connectivity index (χ4n) is 2.76. The second-order valence-electron chi connectivity index (χ2n) is 6.04. The maximum Gasteiger partial charge on any atom is 0.205 e. The van der Waals surface area contributed by atoms with Crippen LogP contribution in [0.5, 0.6) is 0 Å². The van der Waals surface area contributed by atoms with E-state index in [-0.39, 0.29) is 5.75 Å². The van der Waals surface area contributed by atoms with Gasteiger partial charge in [-0.05, 0) is 43.5 Å². The smallest absolute Gasteiger partial charge is 0.205 e. The number of aromatic nitrogens is 3. The van der Waals surface area contributed by atoms with Gasteiger partial charge in [-0.1, -0.05) is 30.0 Å². The summed E-state index contributed by atoms with van der Waals surface area (Å²) in [5, 5.41) is 21.7. The average molecular weight is 386 g/mol. The molecular formula is C19H22N4O3S. The molecule has 1 aliphatic heterocycles. The second kappa shape index (κ2) is 9.94. The maximum atomic E-state index is 10.6. The molecule has 3 heterocycles. The van der Waals surface area contributed by atoms with Gasteiger partial charge in [-0.2, -0.15) is 0 Å². The summed E-state index contributed by atoms with van der Waals surface area (Å²) >= 11 is 1.05. The van der Waals surface area contributed by atoms with Gasteiger partial charge in [0.25, 0.3) is 0 Å². The Morgan fingerprint density at radius 1 is 1.11 bits per heavy atom.